The molecular weight excluding hydrogens is 304 g/mol. The van der Waals surface area contributed by atoms with Gasteiger partial charge in [0, 0.05) is 37.4 Å². The molecule has 0 bridgehead atoms. The zero-order valence-electron chi connectivity index (χ0n) is 13.9. The van der Waals surface area contributed by atoms with Crippen LogP contribution in [0.1, 0.15) is 31.2 Å². The Labute approximate surface area is 142 Å². The number of nitrogens with zero attached hydrogens (tertiary/aromatic N) is 3. The van der Waals surface area contributed by atoms with E-state index in [2.05, 4.69) is 11.4 Å². The van der Waals surface area contributed by atoms with Crippen molar-refractivity contribution < 1.29 is 9.59 Å². The van der Waals surface area contributed by atoms with Crippen LogP contribution in [-0.4, -0.2) is 36.5 Å². The van der Waals surface area contributed by atoms with Gasteiger partial charge in [-0.2, -0.15) is 5.26 Å². The van der Waals surface area contributed by atoms with Gasteiger partial charge < -0.3 is 15.1 Å². The number of rotatable bonds is 2. The SMILES string of the molecule is Cc1ccc(N2CCCC2=O)cc1NC(=O)N1CCC[C@@H](C#N)C1. The summed E-state index contributed by atoms with van der Waals surface area (Å²) in [6.07, 6.45) is 3.16. The van der Waals surface area contributed by atoms with Crippen molar-refractivity contribution in [1.82, 2.24) is 4.90 Å². The molecular formula is C18H22N4O2. The molecule has 0 unspecified atom stereocenters. The molecule has 3 amide bonds. The maximum atomic E-state index is 12.5. The first kappa shape index (κ1) is 16.3. The van der Waals surface area contributed by atoms with Crippen LogP contribution in [0, 0.1) is 24.2 Å². The summed E-state index contributed by atoms with van der Waals surface area (Å²) in [6, 6.07) is 7.77. The summed E-state index contributed by atoms with van der Waals surface area (Å²) < 4.78 is 0. The number of likely N-dealkylation sites (tertiary alicyclic amines) is 1. The minimum absolute atomic E-state index is 0.0841. The smallest absolute Gasteiger partial charge is 0.321 e. The first-order valence-corrected chi connectivity index (χ1v) is 8.45. The van der Waals surface area contributed by atoms with Crippen LogP contribution in [0.5, 0.6) is 0 Å². The van der Waals surface area contributed by atoms with Crippen molar-refractivity contribution in [3.63, 3.8) is 0 Å². The Bertz CT molecular complexity index is 695. The Morgan fingerprint density at radius 3 is 2.88 bits per heavy atom. The minimum Gasteiger partial charge on any atom is -0.323 e. The minimum atomic E-state index is -0.178. The third-order valence-electron chi connectivity index (χ3n) is 4.74. The fourth-order valence-electron chi connectivity index (χ4n) is 3.29. The standard InChI is InChI=1S/C18H22N4O2/c1-13-6-7-15(22-9-3-5-17(22)23)10-16(13)20-18(24)21-8-2-4-14(11-19)12-21/h6-7,10,14H,2-5,8-9,12H2,1H3,(H,20,24)/t14-/m0/s1. The van der Waals surface area contributed by atoms with E-state index in [1.165, 1.54) is 0 Å². The highest BCUT2D eigenvalue weighted by Gasteiger charge is 2.25. The summed E-state index contributed by atoms with van der Waals surface area (Å²) in [5, 5.41) is 12.0. The molecule has 6 nitrogen and oxygen atoms in total. The molecule has 0 aromatic heterocycles. The van der Waals surface area contributed by atoms with E-state index < -0.39 is 0 Å². The molecule has 0 saturated carbocycles. The normalized spacial score (nSPS) is 20.8. The topological polar surface area (TPSA) is 76.4 Å². The van der Waals surface area contributed by atoms with E-state index in [-0.39, 0.29) is 17.9 Å². The quantitative estimate of drug-likeness (QED) is 0.908. The molecule has 0 radical (unpaired) electrons. The van der Waals surface area contributed by atoms with Crippen molar-refractivity contribution in [2.24, 2.45) is 5.92 Å². The number of urea groups is 1. The number of nitriles is 1. The number of amides is 3. The number of nitrogens with one attached hydrogen (secondary N) is 1. The average Bonchev–Trinajstić information content (AvgIpc) is 3.03. The second kappa shape index (κ2) is 6.91. The third kappa shape index (κ3) is 3.35. The van der Waals surface area contributed by atoms with Gasteiger partial charge in [-0.25, -0.2) is 4.79 Å². The molecule has 1 N–H and O–H groups in total. The highest BCUT2D eigenvalue weighted by molar-refractivity contribution is 5.97. The van der Waals surface area contributed by atoms with E-state index in [9.17, 15) is 9.59 Å². The molecule has 6 heteroatoms. The molecule has 2 saturated heterocycles. The van der Waals surface area contributed by atoms with Crippen LogP contribution in [0.25, 0.3) is 0 Å². The first-order chi connectivity index (χ1) is 11.6. The van der Waals surface area contributed by atoms with Crippen LogP contribution in [-0.2, 0) is 4.79 Å². The molecule has 0 aliphatic carbocycles. The van der Waals surface area contributed by atoms with Crippen LogP contribution in [0.4, 0.5) is 16.2 Å². The van der Waals surface area contributed by atoms with Crippen LogP contribution in [0.15, 0.2) is 18.2 Å². The number of benzene rings is 1. The van der Waals surface area contributed by atoms with Crippen molar-refractivity contribution in [3.05, 3.63) is 23.8 Å². The van der Waals surface area contributed by atoms with Crippen molar-refractivity contribution >= 4 is 23.3 Å². The molecule has 2 aliphatic heterocycles. The van der Waals surface area contributed by atoms with Crippen LogP contribution in [0.3, 0.4) is 0 Å². The molecule has 0 spiro atoms. The zero-order valence-corrected chi connectivity index (χ0v) is 13.9. The third-order valence-corrected chi connectivity index (χ3v) is 4.74. The lowest BCUT2D eigenvalue weighted by molar-refractivity contribution is -0.117. The number of carbonyl (C=O) groups excluding carboxylic acids is 2. The molecule has 1 aromatic carbocycles. The predicted molar refractivity (Wildman–Crippen MR) is 91.7 cm³/mol. The van der Waals surface area contributed by atoms with E-state index in [0.717, 1.165) is 42.7 Å². The maximum Gasteiger partial charge on any atom is 0.321 e. The molecule has 2 aliphatic rings. The molecule has 1 aromatic rings. The number of hydrogen-bond donors (Lipinski definition) is 1. The van der Waals surface area contributed by atoms with E-state index >= 15 is 0 Å². The molecule has 2 fully saturated rings. The summed E-state index contributed by atoms with van der Waals surface area (Å²) in [4.78, 5) is 27.9. The molecule has 1 atom stereocenters. The maximum absolute atomic E-state index is 12.5. The number of carbonyl (C=O) groups is 2. The predicted octanol–water partition coefficient (Wildman–Crippen LogP) is 2.89. The number of hydrogen-bond acceptors (Lipinski definition) is 3. The van der Waals surface area contributed by atoms with Gasteiger partial charge in [0.2, 0.25) is 5.91 Å². The van der Waals surface area contributed by atoms with E-state index in [1.807, 2.05) is 25.1 Å². The van der Waals surface area contributed by atoms with Crippen LogP contribution in [0.2, 0.25) is 0 Å². The van der Waals surface area contributed by atoms with Gasteiger partial charge in [0.05, 0.1) is 12.0 Å². The Balaban J connectivity index is 1.73. The van der Waals surface area contributed by atoms with Gasteiger partial charge in [0.1, 0.15) is 0 Å². The average molecular weight is 326 g/mol. The van der Waals surface area contributed by atoms with Crippen molar-refractivity contribution in [2.45, 2.75) is 32.6 Å². The second-order valence-corrected chi connectivity index (χ2v) is 6.49. The zero-order chi connectivity index (χ0) is 17.1. The number of piperidine rings is 1. The lowest BCUT2D eigenvalue weighted by Crippen LogP contribution is -2.42. The molecule has 2 heterocycles. The lowest BCUT2D eigenvalue weighted by atomic mass is 10.0. The van der Waals surface area contributed by atoms with E-state index in [4.69, 9.17) is 5.26 Å². The Kier molecular flexibility index (Phi) is 4.70. The van der Waals surface area contributed by atoms with Crippen LogP contribution < -0.4 is 10.2 Å². The second-order valence-electron chi connectivity index (χ2n) is 6.49. The highest BCUT2D eigenvalue weighted by atomic mass is 16.2. The Hall–Kier alpha value is -2.55. The summed E-state index contributed by atoms with van der Waals surface area (Å²) in [5.74, 6) is 0.0446. The molecule has 24 heavy (non-hydrogen) atoms. The fraction of sp³-hybridized carbons (Fsp3) is 0.500. The molecule has 3 rings (SSSR count). The summed E-state index contributed by atoms with van der Waals surface area (Å²) in [7, 11) is 0. The lowest BCUT2D eigenvalue weighted by Gasteiger charge is -2.30. The van der Waals surface area contributed by atoms with Gasteiger partial charge >= 0.3 is 6.03 Å². The first-order valence-electron chi connectivity index (χ1n) is 8.45. The van der Waals surface area contributed by atoms with Crippen molar-refractivity contribution in [2.75, 3.05) is 29.9 Å². The summed E-state index contributed by atoms with van der Waals surface area (Å²) in [6.45, 7) is 3.81. The Morgan fingerprint density at radius 1 is 1.33 bits per heavy atom. The fourth-order valence-corrected chi connectivity index (χ4v) is 3.29. The van der Waals surface area contributed by atoms with Gasteiger partial charge in [-0.3, -0.25) is 4.79 Å². The number of aryl methyl sites for hydroxylation is 1. The Morgan fingerprint density at radius 2 is 2.17 bits per heavy atom. The van der Waals surface area contributed by atoms with Gasteiger partial charge in [-0.05, 0) is 43.9 Å². The van der Waals surface area contributed by atoms with Gasteiger partial charge in [-0.1, -0.05) is 6.07 Å². The van der Waals surface area contributed by atoms with E-state index in [0.29, 0.717) is 19.5 Å². The van der Waals surface area contributed by atoms with Crippen molar-refractivity contribution in [1.29, 1.82) is 5.26 Å². The van der Waals surface area contributed by atoms with Gasteiger partial charge in [0.15, 0.2) is 0 Å². The van der Waals surface area contributed by atoms with Gasteiger partial charge in [0.25, 0.3) is 0 Å². The summed E-state index contributed by atoms with van der Waals surface area (Å²) in [5.41, 5.74) is 2.50. The summed E-state index contributed by atoms with van der Waals surface area (Å²) >= 11 is 0. The highest BCUT2D eigenvalue weighted by Crippen LogP contribution is 2.27. The number of anilines is 2. The van der Waals surface area contributed by atoms with E-state index in [1.54, 1.807) is 9.80 Å². The largest absolute Gasteiger partial charge is 0.323 e. The van der Waals surface area contributed by atoms with Crippen LogP contribution >= 0.6 is 0 Å². The molecule has 126 valence electrons. The van der Waals surface area contributed by atoms with Gasteiger partial charge in [-0.15, -0.1) is 0 Å². The monoisotopic (exact) mass is 326 g/mol. The van der Waals surface area contributed by atoms with Crippen molar-refractivity contribution in [3.8, 4) is 6.07 Å².